The molecule has 2 aromatic heterocycles. The van der Waals surface area contributed by atoms with Crippen LogP contribution >= 0.6 is 22.9 Å². The molecule has 0 atom stereocenters. The van der Waals surface area contributed by atoms with E-state index in [1.54, 1.807) is 37.3 Å². The molecule has 7 nitrogen and oxygen atoms in total. The molecule has 4 rings (SSSR count). The molecular weight excluding hydrogens is 460 g/mol. The Kier molecular flexibility index (Phi) is 6.58. The van der Waals surface area contributed by atoms with E-state index in [0.717, 1.165) is 27.2 Å². The number of amides is 1. The number of fused-ring (bicyclic) bond motifs is 1. The van der Waals surface area contributed by atoms with Crippen molar-refractivity contribution in [2.24, 2.45) is 0 Å². The molecular formula is C24H25ClN4O3S. The van der Waals surface area contributed by atoms with Crippen molar-refractivity contribution in [3.63, 3.8) is 0 Å². The van der Waals surface area contributed by atoms with E-state index < -0.39 is 0 Å². The van der Waals surface area contributed by atoms with Gasteiger partial charge in [0.2, 0.25) is 0 Å². The van der Waals surface area contributed by atoms with Crippen molar-refractivity contribution in [2.75, 3.05) is 25.7 Å². The van der Waals surface area contributed by atoms with Crippen LogP contribution < -0.4 is 14.4 Å². The summed E-state index contributed by atoms with van der Waals surface area (Å²) in [5.74, 6) is 0.877. The van der Waals surface area contributed by atoms with Gasteiger partial charge in [0.1, 0.15) is 0 Å². The average molecular weight is 485 g/mol. The first-order chi connectivity index (χ1) is 15.8. The predicted octanol–water partition coefficient (Wildman–Crippen LogP) is 5.44. The first-order valence-corrected chi connectivity index (χ1v) is 11.6. The summed E-state index contributed by atoms with van der Waals surface area (Å²) in [6.45, 7) is 6.86. The van der Waals surface area contributed by atoms with Crippen LogP contribution in [0.3, 0.4) is 0 Å². The Morgan fingerprint density at radius 2 is 1.85 bits per heavy atom. The molecule has 0 aliphatic carbocycles. The summed E-state index contributed by atoms with van der Waals surface area (Å²) in [6, 6.07) is 10.9. The summed E-state index contributed by atoms with van der Waals surface area (Å²) >= 11 is 7.70. The average Bonchev–Trinajstić information content (AvgIpc) is 3.35. The Balaban J connectivity index is 1.74. The molecule has 0 saturated heterocycles. The number of ether oxygens (including phenoxy) is 2. The van der Waals surface area contributed by atoms with Crippen LogP contribution in [0.2, 0.25) is 5.02 Å². The number of aryl methyl sites for hydroxylation is 3. The lowest BCUT2D eigenvalue weighted by Gasteiger charge is -2.21. The van der Waals surface area contributed by atoms with Crippen LogP contribution in [0, 0.1) is 20.8 Å². The number of halogens is 1. The molecule has 172 valence electrons. The summed E-state index contributed by atoms with van der Waals surface area (Å²) in [4.78, 5) is 20.2. The van der Waals surface area contributed by atoms with Gasteiger partial charge in [0.15, 0.2) is 16.6 Å². The molecule has 0 spiro atoms. The van der Waals surface area contributed by atoms with Gasteiger partial charge in [0.25, 0.3) is 5.91 Å². The van der Waals surface area contributed by atoms with Gasteiger partial charge >= 0.3 is 0 Å². The summed E-state index contributed by atoms with van der Waals surface area (Å²) in [5, 5.41) is 5.79. The number of nitrogens with zero attached hydrogens (tertiary/aromatic N) is 4. The number of hydrogen-bond acceptors (Lipinski definition) is 6. The largest absolute Gasteiger partial charge is 0.493 e. The minimum atomic E-state index is -0.180. The van der Waals surface area contributed by atoms with Crippen molar-refractivity contribution in [2.45, 2.75) is 27.3 Å². The molecule has 0 bridgehead atoms. The molecule has 2 aromatic carbocycles. The van der Waals surface area contributed by atoms with E-state index in [2.05, 4.69) is 5.10 Å². The molecule has 1 amide bonds. The highest BCUT2D eigenvalue weighted by Crippen LogP contribution is 2.34. The minimum Gasteiger partial charge on any atom is -0.493 e. The number of hydrogen-bond donors (Lipinski definition) is 0. The van der Waals surface area contributed by atoms with E-state index in [-0.39, 0.29) is 5.91 Å². The number of carbonyl (C=O) groups excluding carboxylic acids is 1. The molecule has 0 saturated carbocycles. The maximum absolute atomic E-state index is 13.7. The Bertz CT molecular complexity index is 1330. The number of thiazole rings is 1. The van der Waals surface area contributed by atoms with E-state index in [1.807, 2.05) is 43.7 Å². The number of aromatic nitrogens is 3. The third-order valence-electron chi connectivity index (χ3n) is 5.38. The molecule has 0 N–H and O–H groups in total. The molecule has 0 aliphatic rings. The maximum atomic E-state index is 13.7. The van der Waals surface area contributed by atoms with Crippen LogP contribution in [0.25, 0.3) is 10.2 Å². The second-order valence-electron chi connectivity index (χ2n) is 7.74. The monoisotopic (exact) mass is 484 g/mol. The van der Waals surface area contributed by atoms with Crippen molar-refractivity contribution in [1.82, 2.24) is 14.8 Å². The predicted molar refractivity (Wildman–Crippen MR) is 132 cm³/mol. The summed E-state index contributed by atoms with van der Waals surface area (Å²) in [5.41, 5.74) is 4.27. The lowest BCUT2D eigenvalue weighted by molar-refractivity contribution is 0.0985. The van der Waals surface area contributed by atoms with Gasteiger partial charge in [0.05, 0.1) is 36.7 Å². The van der Waals surface area contributed by atoms with Gasteiger partial charge in [-0.05, 0) is 62.7 Å². The van der Waals surface area contributed by atoms with E-state index >= 15 is 0 Å². The maximum Gasteiger partial charge on any atom is 0.260 e. The number of anilines is 1. The van der Waals surface area contributed by atoms with Crippen LogP contribution in [0.4, 0.5) is 5.13 Å². The quantitative estimate of drug-likeness (QED) is 0.349. The molecule has 0 aliphatic heterocycles. The minimum absolute atomic E-state index is 0.180. The van der Waals surface area contributed by atoms with Gasteiger partial charge in [-0.3, -0.25) is 14.4 Å². The van der Waals surface area contributed by atoms with Crippen molar-refractivity contribution >= 4 is 44.2 Å². The fourth-order valence-corrected chi connectivity index (χ4v) is 5.21. The second kappa shape index (κ2) is 9.41. The summed E-state index contributed by atoms with van der Waals surface area (Å²) < 4.78 is 13.6. The van der Waals surface area contributed by atoms with Gasteiger partial charge in [-0.2, -0.15) is 5.10 Å². The zero-order valence-corrected chi connectivity index (χ0v) is 20.8. The molecule has 33 heavy (non-hydrogen) atoms. The Hall–Kier alpha value is -3.10. The van der Waals surface area contributed by atoms with Crippen LogP contribution in [-0.2, 0) is 6.54 Å². The number of rotatable bonds is 7. The normalized spacial score (nSPS) is 11.1. The number of methoxy groups -OCH3 is 2. The summed E-state index contributed by atoms with van der Waals surface area (Å²) in [6.07, 6.45) is 0. The lowest BCUT2D eigenvalue weighted by atomic mass is 10.1. The van der Waals surface area contributed by atoms with Crippen LogP contribution in [0.15, 0.2) is 36.4 Å². The molecule has 0 fully saturated rings. The standard InChI is InChI=1S/C24H25ClN4O3S/c1-14-10-18(25)13-21-22(14)26-24(33-21)28(8-9-29-16(3)11-15(2)27-29)23(30)17-6-7-19(31-4)20(12-17)32-5/h6-7,10-13H,8-9H2,1-5H3. The van der Waals surface area contributed by atoms with Crippen molar-refractivity contribution in [3.8, 4) is 11.5 Å². The highest BCUT2D eigenvalue weighted by Gasteiger charge is 2.23. The van der Waals surface area contributed by atoms with Gasteiger partial charge in [0, 0.05) is 22.8 Å². The SMILES string of the molecule is COc1ccc(C(=O)N(CCn2nc(C)cc2C)c2nc3c(C)cc(Cl)cc3s2)cc1OC. The fraction of sp³-hybridized carbons (Fsp3) is 0.292. The van der Waals surface area contributed by atoms with Gasteiger partial charge in [-0.25, -0.2) is 4.98 Å². The van der Waals surface area contributed by atoms with Crippen LogP contribution in [0.5, 0.6) is 11.5 Å². The third kappa shape index (κ3) is 4.67. The van der Waals surface area contributed by atoms with Gasteiger partial charge < -0.3 is 9.47 Å². The zero-order valence-electron chi connectivity index (χ0n) is 19.2. The highest BCUT2D eigenvalue weighted by atomic mass is 35.5. The zero-order chi connectivity index (χ0) is 23.7. The second-order valence-corrected chi connectivity index (χ2v) is 9.19. The van der Waals surface area contributed by atoms with E-state index in [1.165, 1.54) is 11.3 Å². The Morgan fingerprint density at radius 3 is 2.52 bits per heavy atom. The Morgan fingerprint density at radius 1 is 1.09 bits per heavy atom. The van der Waals surface area contributed by atoms with E-state index in [9.17, 15) is 4.79 Å². The highest BCUT2D eigenvalue weighted by molar-refractivity contribution is 7.22. The van der Waals surface area contributed by atoms with Gasteiger partial charge in [-0.15, -0.1) is 0 Å². The van der Waals surface area contributed by atoms with Crippen LogP contribution in [0.1, 0.15) is 27.3 Å². The number of carbonyl (C=O) groups is 1. The molecule has 4 aromatic rings. The first kappa shape index (κ1) is 23.1. The number of benzene rings is 2. The molecule has 0 unspecified atom stereocenters. The molecule has 9 heteroatoms. The van der Waals surface area contributed by atoms with E-state index in [0.29, 0.717) is 40.3 Å². The first-order valence-electron chi connectivity index (χ1n) is 10.4. The Labute approximate surface area is 201 Å². The van der Waals surface area contributed by atoms with E-state index in [4.69, 9.17) is 26.1 Å². The third-order valence-corrected chi connectivity index (χ3v) is 6.63. The summed E-state index contributed by atoms with van der Waals surface area (Å²) in [7, 11) is 3.11. The molecule has 2 heterocycles. The van der Waals surface area contributed by atoms with Gasteiger partial charge in [-0.1, -0.05) is 22.9 Å². The molecule has 0 radical (unpaired) electrons. The topological polar surface area (TPSA) is 69.5 Å². The van der Waals surface area contributed by atoms with Crippen molar-refractivity contribution < 1.29 is 14.3 Å². The fourth-order valence-electron chi connectivity index (χ4n) is 3.76. The lowest BCUT2D eigenvalue weighted by Crippen LogP contribution is -2.34. The van der Waals surface area contributed by atoms with Crippen molar-refractivity contribution in [1.29, 1.82) is 0 Å². The van der Waals surface area contributed by atoms with Crippen LogP contribution in [-0.4, -0.2) is 41.4 Å². The smallest absolute Gasteiger partial charge is 0.260 e. The van der Waals surface area contributed by atoms with Crippen molar-refractivity contribution in [3.05, 3.63) is 63.9 Å².